The molecule has 0 radical (unpaired) electrons. The van der Waals surface area contributed by atoms with Gasteiger partial charge in [-0.3, -0.25) is 10.1 Å². The van der Waals surface area contributed by atoms with Crippen molar-refractivity contribution in [2.24, 2.45) is 0 Å². The van der Waals surface area contributed by atoms with E-state index in [0.29, 0.717) is 11.8 Å². The van der Waals surface area contributed by atoms with E-state index in [9.17, 15) is 4.79 Å². The number of amides is 1. The minimum atomic E-state index is -0.185. The highest BCUT2D eigenvalue weighted by Gasteiger charge is 2.12. The molecule has 0 aliphatic carbocycles. The highest BCUT2D eigenvalue weighted by Crippen LogP contribution is 2.24. The van der Waals surface area contributed by atoms with Gasteiger partial charge in [-0.15, -0.1) is 16.9 Å². The van der Waals surface area contributed by atoms with E-state index in [2.05, 4.69) is 41.5 Å². The first-order chi connectivity index (χ1) is 12.5. The van der Waals surface area contributed by atoms with Gasteiger partial charge in [-0.05, 0) is 41.5 Å². The SMILES string of the molecule is CSc1cccc(-c2nnc(NC(=O)Cc3ccc(C(C)C)cc3)o2)c1. The monoisotopic (exact) mass is 367 g/mol. The van der Waals surface area contributed by atoms with Gasteiger partial charge in [0.1, 0.15) is 0 Å². The molecule has 0 bridgehead atoms. The molecule has 0 spiro atoms. The van der Waals surface area contributed by atoms with Crippen LogP contribution >= 0.6 is 11.8 Å². The third kappa shape index (κ3) is 4.52. The number of hydrogen-bond donors (Lipinski definition) is 1. The fourth-order valence-electron chi connectivity index (χ4n) is 2.52. The molecule has 1 amide bonds. The quantitative estimate of drug-likeness (QED) is 0.636. The third-order valence-corrected chi connectivity index (χ3v) is 4.72. The second kappa shape index (κ2) is 8.19. The molecule has 0 unspecified atom stereocenters. The van der Waals surface area contributed by atoms with Gasteiger partial charge < -0.3 is 4.42 Å². The van der Waals surface area contributed by atoms with Crippen LogP contribution in [0.4, 0.5) is 6.01 Å². The summed E-state index contributed by atoms with van der Waals surface area (Å²) in [6.45, 7) is 4.29. The first kappa shape index (κ1) is 18.2. The molecule has 0 saturated carbocycles. The molecule has 6 heteroatoms. The Kier molecular flexibility index (Phi) is 5.73. The number of carbonyl (C=O) groups is 1. The van der Waals surface area contributed by atoms with Gasteiger partial charge >= 0.3 is 6.01 Å². The molecule has 134 valence electrons. The van der Waals surface area contributed by atoms with Crippen molar-refractivity contribution in [3.8, 4) is 11.5 Å². The van der Waals surface area contributed by atoms with Gasteiger partial charge in [0.05, 0.1) is 6.42 Å². The number of thioether (sulfide) groups is 1. The zero-order valence-electron chi connectivity index (χ0n) is 15.0. The topological polar surface area (TPSA) is 68.0 Å². The average Bonchev–Trinajstić information content (AvgIpc) is 3.10. The van der Waals surface area contributed by atoms with E-state index >= 15 is 0 Å². The van der Waals surface area contributed by atoms with Crippen molar-refractivity contribution in [1.82, 2.24) is 10.2 Å². The zero-order chi connectivity index (χ0) is 18.5. The molecule has 0 fully saturated rings. The predicted octanol–water partition coefficient (Wildman–Crippen LogP) is 4.76. The summed E-state index contributed by atoms with van der Waals surface area (Å²) in [5.41, 5.74) is 3.02. The summed E-state index contributed by atoms with van der Waals surface area (Å²) in [6, 6.07) is 16.0. The Morgan fingerprint density at radius 2 is 1.92 bits per heavy atom. The minimum Gasteiger partial charge on any atom is -0.403 e. The van der Waals surface area contributed by atoms with Crippen molar-refractivity contribution in [2.75, 3.05) is 11.6 Å². The second-order valence-electron chi connectivity index (χ2n) is 6.27. The van der Waals surface area contributed by atoms with Crippen LogP contribution in [-0.2, 0) is 11.2 Å². The highest BCUT2D eigenvalue weighted by molar-refractivity contribution is 7.98. The third-order valence-electron chi connectivity index (χ3n) is 4.00. The lowest BCUT2D eigenvalue weighted by Gasteiger charge is -2.06. The Labute approximate surface area is 157 Å². The largest absolute Gasteiger partial charge is 0.403 e. The van der Waals surface area contributed by atoms with E-state index in [1.807, 2.05) is 42.7 Å². The summed E-state index contributed by atoms with van der Waals surface area (Å²) in [4.78, 5) is 13.3. The van der Waals surface area contributed by atoms with E-state index in [0.717, 1.165) is 16.0 Å². The summed E-state index contributed by atoms with van der Waals surface area (Å²) in [5, 5.41) is 10.6. The fourth-order valence-corrected chi connectivity index (χ4v) is 2.98. The Morgan fingerprint density at radius 1 is 1.15 bits per heavy atom. The summed E-state index contributed by atoms with van der Waals surface area (Å²) in [7, 11) is 0. The van der Waals surface area contributed by atoms with E-state index in [-0.39, 0.29) is 18.3 Å². The second-order valence-corrected chi connectivity index (χ2v) is 7.15. The number of hydrogen-bond acceptors (Lipinski definition) is 5. The maximum Gasteiger partial charge on any atom is 0.322 e. The lowest BCUT2D eigenvalue weighted by molar-refractivity contribution is -0.115. The van der Waals surface area contributed by atoms with Crippen molar-refractivity contribution in [2.45, 2.75) is 31.1 Å². The van der Waals surface area contributed by atoms with Crippen LogP contribution in [0.2, 0.25) is 0 Å². The van der Waals surface area contributed by atoms with Crippen LogP contribution in [0, 0.1) is 0 Å². The van der Waals surface area contributed by atoms with E-state index < -0.39 is 0 Å². The number of benzene rings is 2. The predicted molar refractivity (Wildman–Crippen MR) is 104 cm³/mol. The Balaban J connectivity index is 1.64. The number of carbonyl (C=O) groups excluding carboxylic acids is 1. The van der Waals surface area contributed by atoms with Crippen molar-refractivity contribution in [3.63, 3.8) is 0 Å². The Morgan fingerprint density at radius 3 is 2.62 bits per heavy atom. The molecule has 0 saturated heterocycles. The lowest BCUT2D eigenvalue weighted by atomic mass is 10.0. The molecule has 0 aliphatic heterocycles. The zero-order valence-corrected chi connectivity index (χ0v) is 15.8. The molecule has 0 atom stereocenters. The Hall–Kier alpha value is -2.60. The van der Waals surface area contributed by atoms with Gasteiger partial charge in [0.15, 0.2) is 0 Å². The molecule has 26 heavy (non-hydrogen) atoms. The van der Waals surface area contributed by atoms with Crippen molar-refractivity contribution >= 4 is 23.7 Å². The molecule has 5 nitrogen and oxygen atoms in total. The normalized spacial score (nSPS) is 10.9. The summed E-state index contributed by atoms with van der Waals surface area (Å²) >= 11 is 1.64. The number of nitrogens with zero attached hydrogens (tertiary/aromatic N) is 2. The molecular weight excluding hydrogens is 346 g/mol. The average molecular weight is 367 g/mol. The fraction of sp³-hybridized carbons (Fsp3) is 0.250. The van der Waals surface area contributed by atoms with E-state index in [4.69, 9.17) is 4.42 Å². The van der Waals surface area contributed by atoms with Crippen LogP contribution in [0.25, 0.3) is 11.5 Å². The maximum atomic E-state index is 12.2. The van der Waals surface area contributed by atoms with Crippen LogP contribution in [-0.4, -0.2) is 22.4 Å². The van der Waals surface area contributed by atoms with Crippen LogP contribution in [0.5, 0.6) is 0 Å². The highest BCUT2D eigenvalue weighted by atomic mass is 32.2. The molecule has 3 aromatic rings. The van der Waals surface area contributed by atoms with E-state index in [1.54, 1.807) is 11.8 Å². The maximum absolute atomic E-state index is 12.2. The molecule has 1 heterocycles. The van der Waals surface area contributed by atoms with Gasteiger partial charge in [-0.1, -0.05) is 49.3 Å². The van der Waals surface area contributed by atoms with Crippen LogP contribution < -0.4 is 5.32 Å². The van der Waals surface area contributed by atoms with Crippen molar-refractivity contribution in [3.05, 3.63) is 59.7 Å². The van der Waals surface area contributed by atoms with Crippen LogP contribution in [0.3, 0.4) is 0 Å². The lowest BCUT2D eigenvalue weighted by Crippen LogP contribution is -2.14. The van der Waals surface area contributed by atoms with Gasteiger partial charge in [0.25, 0.3) is 0 Å². The summed E-state index contributed by atoms with van der Waals surface area (Å²) in [5.74, 6) is 0.673. The van der Waals surface area contributed by atoms with Crippen molar-refractivity contribution < 1.29 is 9.21 Å². The molecule has 1 aromatic heterocycles. The summed E-state index contributed by atoms with van der Waals surface area (Å²) < 4.78 is 5.56. The van der Waals surface area contributed by atoms with Crippen molar-refractivity contribution in [1.29, 1.82) is 0 Å². The van der Waals surface area contributed by atoms with Gasteiger partial charge in [0, 0.05) is 10.5 Å². The standard InChI is InChI=1S/C20H21N3O2S/c1-13(2)15-9-7-14(8-10-15)11-18(24)21-20-23-22-19(25-20)16-5-4-6-17(12-16)26-3/h4-10,12-13H,11H2,1-3H3,(H,21,23,24). The molecule has 3 rings (SSSR count). The number of rotatable bonds is 6. The van der Waals surface area contributed by atoms with Crippen LogP contribution in [0.15, 0.2) is 57.8 Å². The first-order valence-electron chi connectivity index (χ1n) is 8.42. The van der Waals surface area contributed by atoms with Crippen LogP contribution in [0.1, 0.15) is 30.9 Å². The first-order valence-corrected chi connectivity index (χ1v) is 9.64. The number of aromatic nitrogens is 2. The molecule has 1 N–H and O–H groups in total. The molecular formula is C20H21N3O2S. The van der Waals surface area contributed by atoms with Gasteiger partial charge in [0.2, 0.25) is 11.8 Å². The molecule has 0 aliphatic rings. The minimum absolute atomic E-state index is 0.110. The van der Waals surface area contributed by atoms with Gasteiger partial charge in [-0.2, -0.15) is 0 Å². The summed E-state index contributed by atoms with van der Waals surface area (Å²) in [6.07, 6.45) is 2.27. The van der Waals surface area contributed by atoms with Gasteiger partial charge in [-0.25, -0.2) is 0 Å². The number of nitrogens with one attached hydrogen (secondary N) is 1. The smallest absolute Gasteiger partial charge is 0.322 e. The number of anilines is 1. The van der Waals surface area contributed by atoms with E-state index in [1.165, 1.54) is 5.56 Å². The molecule has 2 aromatic carbocycles. The Bertz CT molecular complexity index is 888.